The van der Waals surface area contributed by atoms with Crippen LogP contribution in [0.3, 0.4) is 0 Å². The van der Waals surface area contributed by atoms with E-state index in [9.17, 15) is 8.42 Å². The summed E-state index contributed by atoms with van der Waals surface area (Å²) in [7, 11) is -3.57. The van der Waals surface area contributed by atoms with Crippen LogP contribution in [0.2, 0.25) is 0 Å². The molecule has 7 nitrogen and oxygen atoms in total. The fraction of sp³-hybridized carbons (Fsp3) is 0.333. The fourth-order valence-corrected chi connectivity index (χ4v) is 2.69. The number of hydrogen-bond donors (Lipinski definition) is 3. The molecule has 0 unspecified atom stereocenters. The maximum atomic E-state index is 12.2. The Bertz CT molecular complexity index is 681. The highest BCUT2D eigenvalue weighted by atomic mass is 32.2. The van der Waals surface area contributed by atoms with Gasteiger partial charge in [0.05, 0.1) is 11.1 Å². The standard InChI is InChI=1S/C12H17N5O2S/c1-3-13-12-6-11(4-5-14-12)20(18,19)16-8-10-7-15-17-9(10)2/h4-7,16H,3,8H2,1-2H3,(H,13,14)(H,15,17). The van der Waals surface area contributed by atoms with E-state index in [0.717, 1.165) is 11.3 Å². The van der Waals surface area contributed by atoms with Crippen molar-refractivity contribution < 1.29 is 8.42 Å². The number of pyridine rings is 1. The van der Waals surface area contributed by atoms with Crippen LogP contribution in [0, 0.1) is 6.92 Å². The number of hydrogen-bond acceptors (Lipinski definition) is 5. The molecule has 0 amide bonds. The van der Waals surface area contributed by atoms with Crippen LogP contribution in [0.15, 0.2) is 29.4 Å². The molecular formula is C12H17N5O2S. The molecule has 0 aliphatic rings. The first-order valence-electron chi connectivity index (χ1n) is 6.21. The minimum Gasteiger partial charge on any atom is -0.370 e. The summed E-state index contributed by atoms with van der Waals surface area (Å²) in [5.41, 5.74) is 1.66. The van der Waals surface area contributed by atoms with E-state index in [1.54, 1.807) is 6.20 Å². The van der Waals surface area contributed by atoms with Gasteiger partial charge in [0.25, 0.3) is 0 Å². The topological polar surface area (TPSA) is 99.8 Å². The van der Waals surface area contributed by atoms with Crippen molar-refractivity contribution in [3.63, 3.8) is 0 Å². The predicted molar refractivity (Wildman–Crippen MR) is 75.8 cm³/mol. The molecule has 2 aromatic heterocycles. The average Bonchev–Trinajstić information content (AvgIpc) is 2.83. The van der Waals surface area contributed by atoms with Crippen LogP contribution in [0.5, 0.6) is 0 Å². The summed E-state index contributed by atoms with van der Waals surface area (Å²) in [6.45, 7) is 4.64. The van der Waals surface area contributed by atoms with Crippen molar-refractivity contribution in [3.8, 4) is 0 Å². The number of anilines is 1. The van der Waals surface area contributed by atoms with Crippen molar-refractivity contribution in [1.82, 2.24) is 19.9 Å². The Morgan fingerprint density at radius 3 is 2.85 bits per heavy atom. The number of aromatic amines is 1. The first kappa shape index (κ1) is 14.5. The number of aryl methyl sites for hydroxylation is 1. The van der Waals surface area contributed by atoms with Crippen molar-refractivity contribution in [2.24, 2.45) is 0 Å². The second-order valence-corrected chi connectivity index (χ2v) is 6.02. The number of H-pyrrole nitrogens is 1. The summed E-state index contributed by atoms with van der Waals surface area (Å²) < 4.78 is 26.9. The lowest BCUT2D eigenvalue weighted by Gasteiger charge is -2.08. The van der Waals surface area contributed by atoms with E-state index in [4.69, 9.17) is 0 Å². The van der Waals surface area contributed by atoms with Gasteiger partial charge in [0.1, 0.15) is 5.82 Å². The number of sulfonamides is 1. The molecule has 0 aliphatic carbocycles. The molecule has 0 saturated carbocycles. The minimum absolute atomic E-state index is 0.185. The molecule has 0 fully saturated rings. The molecule has 0 radical (unpaired) electrons. The predicted octanol–water partition coefficient (Wildman–Crippen LogP) is 1.02. The molecule has 2 rings (SSSR count). The van der Waals surface area contributed by atoms with Crippen LogP contribution < -0.4 is 10.0 Å². The number of nitrogens with one attached hydrogen (secondary N) is 3. The monoisotopic (exact) mass is 295 g/mol. The van der Waals surface area contributed by atoms with Crippen molar-refractivity contribution in [2.45, 2.75) is 25.3 Å². The largest absolute Gasteiger partial charge is 0.370 e. The van der Waals surface area contributed by atoms with Gasteiger partial charge in [-0.3, -0.25) is 5.10 Å². The van der Waals surface area contributed by atoms with Gasteiger partial charge in [-0.15, -0.1) is 0 Å². The minimum atomic E-state index is -3.57. The van der Waals surface area contributed by atoms with E-state index in [-0.39, 0.29) is 11.4 Å². The zero-order valence-electron chi connectivity index (χ0n) is 11.3. The van der Waals surface area contributed by atoms with Crippen LogP contribution >= 0.6 is 0 Å². The van der Waals surface area contributed by atoms with Crippen molar-refractivity contribution in [3.05, 3.63) is 35.8 Å². The molecule has 2 aromatic rings. The SMILES string of the molecule is CCNc1cc(S(=O)(=O)NCc2cn[nH]c2C)ccn1. The Morgan fingerprint density at radius 1 is 1.40 bits per heavy atom. The van der Waals surface area contributed by atoms with Crippen LogP contribution in [0.4, 0.5) is 5.82 Å². The fourth-order valence-electron chi connectivity index (χ4n) is 1.67. The Kier molecular flexibility index (Phi) is 4.35. The third kappa shape index (κ3) is 3.34. The lowest BCUT2D eigenvalue weighted by Crippen LogP contribution is -2.23. The second-order valence-electron chi connectivity index (χ2n) is 4.25. The molecule has 20 heavy (non-hydrogen) atoms. The molecule has 0 bridgehead atoms. The van der Waals surface area contributed by atoms with Gasteiger partial charge in [0, 0.05) is 36.6 Å². The van der Waals surface area contributed by atoms with Crippen LogP contribution in [0.1, 0.15) is 18.2 Å². The second kappa shape index (κ2) is 6.02. The maximum Gasteiger partial charge on any atom is 0.241 e. The highest BCUT2D eigenvalue weighted by molar-refractivity contribution is 7.89. The van der Waals surface area contributed by atoms with Gasteiger partial charge >= 0.3 is 0 Å². The Hall–Kier alpha value is -1.93. The van der Waals surface area contributed by atoms with Gasteiger partial charge in [-0.25, -0.2) is 18.1 Å². The zero-order chi connectivity index (χ0) is 14.6. The molecular weight excluding hydrogens is 278 g/mol. The van der Waals surface area contributed by atoms with Gasteiger partial charge in [0.2, 0.25) is 10.0 Å². The molecule has 0 saturated heterocycles. The van der Waals surface area contributed by atoms with E-state index >= 15 is 0 Å². The molecule has 3 N–H and O–H groups in total. The van der Waals surface area contributed by atoms with E-state index in [1.807, 2.05) is 13.8 Å². The van der Waals surface area contributed by atoms with E-state index < -0.39 is 10.0 Å². The molecule has 0 aliphatic heterocycles. The highest BCUT2D eigenvalue weighted by Gasteiger charge is 2.15. The van der Waals surface area contributed by atoms with Gasteiger partial charge in [-0.05, 0) is 19.9 Å². The first-order valence-corrected chi connectivity index (χ1v) is 7.69. The van der Waals surface area contributed by atoms with Crippen LogP contribution in [-0.2, 0) is 16.6 Å². The number of aromatic nitrogens is 3. The normalized spacial score (nSPS) is 11.5. The molecule has 8 heteroatoms. The third-order valence-corrected chi connectivity index (χ3v) is 4.19. The lowest BCUT2D eigenvalue weighted by molar-refractivity contribution is 0.581. The Labute approximate surface area is 117 Å². The molecule has 108 valence electrons. The Balaban J connectivity index is 2.14. The van der Waals surface area contributed by atoms with E-state index in [2.05, 4.69) is 25.2 Å². The lowest BCUT2D eigenvalue weighted by atomic mass is 10.3. The summed E-state index contributed by atoms with van der Waals surface area (Å²) in [6, 6.07) is 2.97. The molecule has 0 spiro atoms. The average molecular weight is 295 g/mol. The molecule has 2 heterocycles. The number of rotatable bonds is 6. The van der Waals surface area contributed by atoms with Crippen molar-refractivity contribution in [1.29, 1.82) is 0 Å². The molecule has 0 aromatic carbocycles. The molecule has 0 atom stereocenters. The highest BCUT2D eigenvalue weighted by Crippen LogP contribution is 2.13. The maximum absolute atomic E-state index is 12.2. The van der Waals surface area contributed by atoms with E-state index in [0.29, 0.717) is 12.4 Å². The Morgan fingerprint density at radius 2 is 2.20 bits per heavy atom. The quantitative estimate of drug-likeness (QED) is 0.739. The van der Waals surface area contributed by atoms with Crippen LogP contribution in [0.25, 0.3) is 0 Å². The summed E-state index contributed by atoms with van der Waals surface area (Å²) >= 11 is 0. The smallest absolute Gasteiger partial charge is 0.241 e. The van der Waals surface area contributed by atoms with Crippen LogP contribution in [-0.4, -0.2) is 30.1 Å². The summed E-state index contributed by atoms with van der Waals surface area (Å²) in [5.74, 6) is 0.537. The summed E-state index contributed by atoms with van der Waals surface area (Å²) in [4.78, 5) is 4.23. The van der Waals surface area contributed by atoms with Gasteiger partial charge < -0.3 is 5.32 Å². The van der Waals surface area contributed by atoms with E-state index in [1.165, 1.54) is 18.3 Å². The number of nitrogens with zero attached hydrogens (tertiary/aromatic N) is 2. The van der Waals surface area contributed by atoms with Gasteiger partial charge in [-0.1, -0.05) is 0 Å². The first-order chi connectivity index (χ1) is 9.53. The van der Waals surface area contributed by atoms with Crippen molar-refractivity contribution in [2.75, 3.05) is 11.9 Å². The summed E-state index contributed by atoms with van der Waals surface area (Å²) in [6.07, 6.45) is 3.07. The van der Waals surface area contributed by atoms with Gasteiger partial charge in [0.15, 0.2) is 0 Å². The zero-order valence-corrected chi connectivity index (χ0v) is 12.2. The third-order valence-electron chi connectivity index (χ3n) is 2.79. The summed E-state index contributed by atoms with van der Waals surface area (Å²) in [5, 5.41) is 9.60. The van der Waals surface area contributed by atoms with Crippen molar-refractivity contribution >= 4 is 15.8 Å². The van der Waals surface area contributed by atoms with Gasteiger partial charge in [-0.2, -0.15) is 5.10 Å².